The third-order valence-electron chi connectivity index (χ3n) is 2.06. The van der Waals surface area contributed by atoms with Crippen molar-refractivity contribution in [3.63, 3.8) is 0 Å². The van der Waals surface area contributed by atoms with Gasteiger partial charge >= 0.3 is 0 Å². The van der Waals surface area contributed by atoms with E-state index < -0.39 is 0 Å². The van der Waals surface area contributed by atoms with Crippen LogP contribution in [-0.2, 0) is 6.61 Å². The van der Waals surface area contributed by atoms with Gasteiger partial charge in [-0.2, -0.15) is 0 Å². The predicted molar refractivity (Wildman–Crippen MR) is 63.0 cm³/mol. The monoisotopic (exact) mass is 233 g/mol. The summed E-state index contributed by atoms with van der Waals surface area (Å²) in [7, 11) is 0. The van der Waals surface area contributed by atoms with Crippen LogP contribution in [0.2, 0.25) is 0 Å². The number of aromatic nitrogens is 1. The van der Waals surface area contributed by atoms with Crippen LogP contribution in [0.3, 0.4) is 0 Å². The molecule has 2 aromatic rings. The highest BCUT2D eigenvalue weighted by molar-refractivity contribution is 7.09. The lowest BCUT2D eigenvalue weighted by Gasteiger charge is -2.05. The Hall–Kier alpha value is -1.68. The number of rotatable bonds is 4. The van der Waals surface area contributed by atoms with E-state index in [1.807, 2.05) is 24.4 Å². The van der Waals surface area contributed by atoms with Crippen LogP contribution in [0.4, 0.5) is 0 Å². The number of hydrogen-bond donors (Lipinski definition) is 0. The van der Waals surface area contributed by atoms with Gasteiger partial charge in [-0.05, 0) is 19.1 Å². The molecule has 2 rings (SSSR count). The lowest BCUT2D eigenvalue weighted by Crippen LogP contribution is -1.97. The Morgan fingerprint density at radius 3 is 2.94 bits per heavy atom. The number of nitrogens with zero attached hydrogens (tertiary/aromatic N) is 1. The van der Waals surface area contributed by atoms with E-state index in [-0.39, 0.29) is 0 Å². The second-order valence-electron chi connectivity index (χ2n) is 3.33. The molecule has 0 radical (unpaired) electrons. The maximum absolute atomic E-state index is 10.7. The van der Waals surface area contributed by atoms with Gasteiger partial charge in [0.15, 0.2) is 6.29 Å². The largest absolute Gasteiger partial charge is 0.486 e. The molecule has 0 spiro atoms. The summed E-state index contributed by atoms with van der Waals surface area (Å²) in [5.41, 5.74) is 1.56. The number of ether oxygens (including phenoxy) is 1. The number of aldehydes is 1. The van der Waals surface area contributed by atoms with Crippen LogP contribution in [0.15, 0.2) is 29.6 Å². The normalized spacial score (nSPS) is 10.1. The standard InChI is InChI=1S/C12H11NO2S/c1-9-8-16-12(13-9)7-15-11-5-3-2-4-10(11)6-14/h2-6,8H,7H2,1H3. The summed E-state index contributed by atoms with van der Waals surface area (Å²) in [6.45, 7) is 2.35. The van der Waals surface area contributed by atoms with Gasteiger partial charge in [0.25, 0.3) is 0 Å². The second kappa shape index (κ2) is 4.90. The SMILES string of the molecule is Cc1csc(COc2ccccc2C=O)n1. The Morgan fingerprint density at radius 1 is 1.44 bits per heavy atom. The first kappa shape index (κ1) is 10.8. The highest BCUT2D eigenvalue weighted by atomic mass is 32.1. The fourth-order valence-corrected chi connectivity index (χ4v) is 2.00. The zero-order valence-corrected chi connectivity index (χ0v) is 9.66. The third kappa shape index (κ3) is 2.46. The van der Waals surface area contributed by atoms with Crippen LogP contribution >= 0.6 is 11.3 Å². The van der Waals surface area contributed by atoms with Gasteiger partial charge in [-0.3, -0.25) is 4.79 Å². The zero-order valence-electron chi connectivity index (χ0n) is 8.84. The number of aryl methyl sites for hydroxylation is 1. The molecule has 0 aliphatic rings. The van der Waals surface area contributed by atoms with Gasteiger partial charge in [0.2, 0.25) is 0 Å². The lowest BCUT2D eigenvalue weighted by atomic mass is 10.2. The Morgan fingerprint density at radius 2 is 2.25 bits per heavy atom. The van der Waals surface area contributed by atoms with E-state index in [0.717, 1.165) is 17.0 Å². The van der Waals surface area contributed by atoms with Crippen molar-refractivity contribution in [2.24, 2.45) is 0 Å². The van der Waals surface area contributed by atoms with Gasteiger partial charge < -0.3 is 4.74 Å². The van der Waals surface area contributed by atoms with Crippen molar-refractivity contribution in [2.75, 3.05) is 0 Å². The molecule has 0 aliphatic heterocycles. The molecule has 16 heavy (non-hydrogen) atoms. The first-order valence-electron chi connectivity index (χ1n) is 4.87. The number of thiazole rings is 1. The highest BCUT2D eigenvalue weighted by Crippen LogP contribution is 2.18. The van der Waals surface area contributed by atoms with Crippen molar-refractivity contribution in [3.05, 3.63) is 45.9 Å². The number of para-hydroxylation sites is 1. The summed E-state index contributed by atoms with van der Waals surface area (Å²) in [6.07, 6.45) is 0.794. The Labute approximate surface area is 97.7 Å². The van der Waals surface area contributed by atoms with E-state index in [1.165, 1.54) is 0 Å². The van der Waals surface area contributed by atoms with Crippen molar-refractivity contribution in [1.29, 1.82) is 0 Å². The van der Waals surface area contributed by atoms with Crippen LogP contribution in [-0.4, -0.2) is 11.3 Å². The average Bonchev–Trinajstić information content (AvgIpc) is 2.73. The minimum Gasteiger partial charge on any atom is -0.486 e. The van der Waals surface area contributed by atoms with Crippen molar-refractivity contribution >= 4 is 17.6 Å². The summed E-state index contributed by atoms with van der Waals surface area (Å²) in [5, 5.41) is 2.89. The van der Waals surface area contributed by atoms with Crippen LogP contribution in [0.5, 0.6) is 5.75 Å². The third-order valence-corrected chi connectivity index (χ3v) is 3.00. The van der Waals surface area contributed by atoms with Gasteiger partial charge in [-0.25, -0.2) is 4.98 Å². The number of carbonyl (C=O) groups excluding carboxylic acids is 1. The summed E-state index contributed by atoms with van der Waals surface area (Å²) >= 11 is 1.56. The summed E-state index contributed by atoms with van der Waals surface area (Å²) in [5.74, 6) is 0.602. The minimum atomic E-state index is 0.406. The molecule has 0 aliphatic carbocycles. The van der Waals surface area contributed by atoms with Gasteiger partial charge in [0.05, 0.1) is 5.56 Å². The van der Waals surface area contributed by atoms with Crippen LogP contribution in [0.25, 0.3) is 0 Å². The van der Waals surface area contributed by atoms with E-state index in [1.54, 1.807) is 23.5 Å². The first-order chi connectivity index (χ1) is 7.79. The highest BCUT2D eigenvalue weighted by Gasteiger charge is 2.03. The molecule has 0 amide bonds. The summed E-state index contributed by atoms with van der Waals surface area (Å²) in [4.78, 5) is 15.0. The molecule has 0 atom stereocenters. The number of carbonyl (C=O) groups is 1. The quantitative estimate of drug-likeness (QED) is 0.762. The first-order valence-corrected chi connectivity index (χ1v) is 5.75. The van der Waals surface area contributed by atoms with E-state index in [0.29, 0.717) is 17.9 Å². The molecule has 1 heterocycles. The molecule has 0 saturated heterocycles. The Balaban J connectivity index is 2.07. The van der Waals surface area contributed by atoms with Gasteiger partial charge in [0.1, 0.15) is 17.4 Å². The van der Waals surface area contributed by atoms with E-state index >= 15 is 0 Å². The van der Waals surface area contributed by atoms with Crippen molar-refractivity contribution in [1.82, 2.24) is 4.98 Å². The molecule has 0 bridgehead atoms. The second-order valence-corrected chi connectivity index (χ2v) is 4.27. The van der Waals surface area contributed by atoms with E-state index in [2.05, 4.69) is 4.98 Å². The Kier molecular flexibility index (Phi) is 3.31. The predicted octanol–water partition coefficient (Wildman–Crippen LogP) is 2.84. The van der Waals surface area contributed by atoms with Gasteiger partial charge in [0, 0.05) is 11.1 Å². The molecule has 0 saturated carbocycles. The maximum atomic E-state index is 10.7. The van der Waals surface area contributed by atoms with Gasteiger partial charge in [-0.1, -0.05) is 12.1 Å². The van der Waals surface area contributed by atoms with Crippen LogP contribution in [0, 0.1) is 6.92 Å². The molecular weight excluding hydrogens is 222 g/mol. The van der Waals surface area contributed by atoms with Crippen molar-refractivity contribution in [2.45, 2.75) is 13.5 Å². The minimum absolute atomic E-state index is 0.406. The average molecular weight is 233 g/mol. The van der Waals surface area contributed by atoms with Crippen LogP contribution in [0.1, 0.15) is 21.1 Å². The van der Waals surface area contributed by atoms with E-state index in [9.17, 15) is 4.79 Å². The fourth-order valence-electron chi connectivity index (χ4n) is 1.32. The molecule has 0 N–H and O–H groups in total. The molecule has 0 unspecified atom stereocenters. The zero-order chi connectivity index (χ0) is 11.4. The van der Waals surface area contributed by atoms with Crippen molar-refractivity contribution in [3.8, 4) is 5.75 Å². The molecule has 3 nitrogen and oxygen atoms in total. The van der Waals surface area contributed by atoms with Crippen LogP contribution < -0.4 is 4.74 Å². The van der Waals surface area contributed by atoms with E-state index in [4.69, 9.17) is 4.74 Å². The molecule has 4 heteroatoms. The summed E-state index contributed by atoms with van der Waals surface area (Å²) in [6, 6.07) is 7.17. The summed E-state index contributed by atoms with van der Waals surface area (Å²) < 4.78 is 5.54. The maximum Gasteiger partial charge on any atom is 0.153 e. The molecule has 1 aromatic heterocycles. The molecular formula is C12H11NO2S. The number of hydrogen-bond acceptors (Lipinski definition) is 4. The molecule has 1 aromatic carbocycles. The lowest BCUT2D eigenvalue weighted by molar-refractivity contribution is 0.111. The smallest absolute Gasteiger partial charge is 0.153 e. The fraction of sp³-hybridized carbons (Fsp3) is 0.167. The Bertz CT molecular complexity index is 493. The topological polar surface area (TPSA) is 39.2 Å². The van der Waals surface area contributed by atoms with Gasteiger partial charge in [-0.15, -0.1) is 11.3 Å². The molecule has 0 fully saturated rings. The molecule has 82 valence electrons. The number of benzene rings is 1. The van der Waals surface area contributed by atoms with Crippen molar-refractivity contribution < 1.29 is 9.53 Å².